The largest absolute Gasteiger partial charge is 0.312 e. The van der Waals surface area contributed by atoms with Gasteiger partial charge in [0.25, 0.3) is 0 Å². The van der Waals surface area contributed by atoms with Crippen LogP contribution in [-0.2, 0) is 22.4 Å². The zero-order valence-corrected chi connectivity index (χ0v) is 14.8. The highest BCUT2D eigenvalue weighted by molar-refractivity contribution is 5.94. The molecule has 0 bridgehead atoms. The summed E-state index contributed by atoms with van der Waals surface area (Å²) in [5.41, 5.74) is 3.56. The van der Waals surface area contributed by atoms with Crippen LogP contribution in [0.4, 0.5) is 20.2 Å². The minimum absolute atomic E-state index is 0.0237. The van der Waals surface area contributed by atoms with Crippen molar-refractivity contribution in [2.24, 2.45) is 0 Å². The molecule has 0 atom stereocenters. The molecule has 0 radical (unpaired) electrons. The lowest BCUT2D eigenvalue weighted by Crippen LogP contribution is -2.25. The fourth-order valence-electron chi connectivity index (χ4n) is 3.36. The van der Waals surface area contributed by atoms with Gasteiger partial charge in [-0.25, -0.2) is 8.78 Å². The van der Waals surface area contributed by atoms with Crippen LogP contribution in [0.1, 0.15) is 25.0 Å². The van der Waals surface area contributed by atoms with Gasteiger partial charge >= 0.3 is 0 Å². The maximum Gasteiger partial charge on any atom is 0.223 e. The Balaban J connectivity index is 0.000000151. The van der Waals surface area contributed by atoms with Crippen LogP contribution in [0.2, 0.25) is 0 Å². The molecule has 2 aliphatic heterocycles. The van der Waals surface area contributed by atoms with E-state index in [1.54, 1.807) is 21.9 Å². The Labute approximate surface area is 151 Å². The average molecular weight is 358 g/mol. The molecule has 0 saturated heterocycles. The van der Waals surface area contributed by atoms with Gasteiger partial charge in [0.2, 0.25) is 11.8 Å². The lowest BCUT2D eigenvalue weighted by molar-refractivity contribution is -0.117. The number of nitrogens with zero attached hydrogens (tertiary/aromatic N) is 2. The number of hydrogen-bond donors (Lipinski definition) is 0. The molecule has 2 aliphatic rings. The van der Waals surface area contributed by atoms with Crippen molar-refractivity contribution in [1.82, 2.24) is 0 Å². The predicted molar refractivity (Wildman–Crippen MR) is 96.3 cm³/mol. The number of carbonyl (C=O) groups excluding carboxylic acids is 2. The Bertz CT molecular complexity index is 795. The van der Waals surface area contributed by atoms with Crippen molar-refractivity contribution in [1.29, 1.82) is 0 Å². The van der Waals surface area contributed by atoms with Gasteiger partial charge in [0.05, 0.1) is 0 Å². The van der Waals surface area contributed by atoms with Crippen molar-refractivity contribution < 1.29 is 18.4 Å². The van der Waals surface area contributed by atoms with Gasteiger partial charge in [0.15, 0.2) is 0 Å². The first kappa shape index (κ1) is 18.0. The minimum atomic E-state index is -0.285. The molecule has 4 nitrogen and oxygen atoms in total. The van der Waals surface area contributed by atoms with Gasteiger partial charge in [-0.3, -0.25) is 9.59 Å². The van der Waals surface area contributed by atoms with Crippen molar-refractivity contribution in [3.8, 4) is 0 Å². The fraction of sp³-hybridized carbons (Fsp3) is 0.300. The van der Waals surface area contributed by atoms with Crippen LogP contribution in [0.5, 0.6) is 0 Å². The van der Waals surface area contributed by atoms with Gasteiger partial charge in [-0.15, -0.1) is 0 Å². The van der Waals surface area contributed by atoms with Crippen LogP contribution in [-0.4, -0.2) is 24.9 Å². The number of fused-ring (bicyclic) bond motifs is 2. The minimum Gasteiger partial charge on any atom is -0.312 e. The van der Waals surface area contributed by atoms with Crippen molar-refractivity contribution in [2.45, 2.75) is 26.7 Å². The Morgan fingerprint density at radius 3 is 1.50 bits per heavy atom. The summed E-state index contributed by atoms with van der Waals surface area (Å²) in [5, 5.41) is 0. The Hall–Kier alpha value is -2.76. The Morgan fingerprint density at radius 2 is 1.15 bits per heavy atom. The van der Waals surface area contributed by atoms with E-state index in [1.165, 1.54) is 38.1 Å². The second-order valence-electron chi connectivity index (χ2n) is 6.39. The normalized spacial score (nSPS) is 14.5. The monoisotopic (exact) mass is 358 g/mol. The van der Waals surface area contributed by atoms with E-state index in [-0.39, 0.29) is 23.4 Å². The molecule has 0 saturated carbocycles. The van der Waals surface area contributed by atoms with Gasteiger partial charge < -0.3 is 9.80 Å². The van der Waals surface area contributed by atoms with Crippen LogP contribution in [0.15, 0.2) is 36.4 Å². The highest BCUT2D eigenvalue weighted by Crippen LogP contribution is 2.29. The predicted octanol–water partition coefficient (Wildman–Crippen LogP) is 3.47. The highest BCUT2D eigenvalue weighted by atomic mass is 19.1. The van der Waals surface area contributed by atoms with Gasteiger partial charge in [0.1, 0.15) is 11.6 Å². The lowest BCUT2D eigenvalue weighted by atomic mass is 10.2. The van der Waals surface area contributed by atoms with E-state index >= 15 is 0 Å². The van der Waals surface area contributed by atoms with Crippen molar-refractivity contribution in [3.63, 3.8) is 0 Å². The molecule has 2 aromatic rings. The van der Waals surface area contributed by atoms with Crippen LogP contribution in [0.25, 0.3) is 0 Å². The van der Waals surface area contributed by atoms with E-state index in [0.29, 0.717) is 13.1 Å². The van der Waals surface area contributed by atoms with Crippen molar-refractivity contribution in [2.75, 3.05) is 22.9 Å². The number of carbonyl (C=O) groups is 2. The molecule has 0 fully saturated rings. The smallest absolute Gasteiger partial charge is 0.223 e. The van der Waals surface area contributed by atoms with Gasteiger partial charge in [-0.05, 0) is 48.2 Å². The third kappa shape index (κ3) is 3.59. The third-order valence-electron chi connectivity index (χ3n) is 4.65. The summed E-state index contributed by atoms with van der Waals surface area (Å²) in [6.07, 6.45) is 1.66. The number of rotatable bonds is 0. The zero-order chi connectivity index (χ0) is 18.8. The van der Waals surface area contributed by atoms with Gasteiger partial charge in [-0.1, -0.05) is 12.1 Å². The van der Waals surface area contributed by atoms with Crippen LogP contribution in [0.3, 0.4) is 0 Å². The summed E-state index contributed by atoms with van der Waals surface area (Å²) in [4.78, 5) is 25.5. The van der Waals surface area contributed by atoms with Crippen LogP contribution >= 0.6 is 0 Å². The van der Waals surface area contributed by atoms with E-state index in [0.717, 1.165) is 35.3 Å². The van der Waals surface area contributed by atoms with Crippen molar-refractivity contribution >= 4 is 23.2 Å². The Kier molecular flexibility index (Phi) is 5.02. The molecule has 0 aromatic heterocycles. The molecule has 0 aliphatic carbocycles. The zero-order valence-electron chi connectivity index (χ0n) is 14.8. The number of hydrogen-bond acceptors (Lipinski definition) is 2. The molecule has 4 rings (SSSR count). The molecular weight excluding hydrogens is 338 g/mol. The number of anilines is 2. The summed E-state index contributed by atoms with van der Waals surface area (Å²) in [6, 6.07) is 9.19. The van der Waals surface area contributed by atoms with E-state index in [1.807, 2.05) is 0 Å². The molecule has 0 unspecified atom stereocenters. The maximum atomic E-state index is 12.9. The van der Waals surface area contributed by atoms with Gasteiger partial charge in [-0.2, -0.15) is 0 Å². The molecular formula is C20H20F2N2O2. The van der Waals surface area contributed by atoms with Gasteiger partial charge in [0, 0.05) is 38.3 Å². The molecule has 2 aromatic carbocycles. The summed E-state index contributed by atoms with van der Waals surface area (Å²) >= 11 is 0. The van der Waals surface area contributed by atoms with E-state index in [4.69, 9.17) is 0 Å². The molecule has 0 spiro atoms. The quantitative estimate of drug-likeness (QED) is 0.724. The van der Waals surface area contributed by atoms with Crippen LogP contribution in [0, 0.1) is 11.6 Å². The lowest BCUT2D eigenvalue weighted by Gasteiger charge is -2.14. The first-order valence-corrected chi connectivity index (χ1v) is 8.50. The molecule has 6 heteroatoms. The van der Waals surface area contributed by atoms with Crippen molar-refractivity contribution in [3.05, 3.63) is 59.2 Å². The van der Waals surface area contributed by atoms with E-state index < -0.39 is 0 Å². The third-order valence-corrected chi connectivity index (χ3v) is 4.65. The summed E-state index contributed by atoms with van der Waals surface area (Å²) in [6.45, 7) is 4.35. The summed E-state index contributed by atoms with van der Waals surface area (Å²) < 4.78 is 25.7. The summed E-state index contributed by atoms with van der Waals surface area (Å²) in [7, 11) is 0. The maximum absolute atomic E-state index is 12.9. The number of benzene rings is 2. The summed E-state index contributed by atoms with van der Waals surface area (Å²) in [5.74, 6) is -0.618. The first-order chi connectivity index (χ1) is 12.4. The molecule has 26 heavy (non-hydrogen) atoms. The Morgan fingerprint density at radius 1 is 0.769 bits per heavy atom. The standard InChI is InChI=1S/2C10H10FNO/c2*1-7(13)12-5-4-8-2-3-9(11)6-10(8)12/h2*2-3,6H,4-5H2,1H3. The average Bonchev–Trinajstić information content (AvgIpc) is 3.18. The first-order valence-electron chi connectivity index (χ1n) is 8.50. The SMILES string of the molecule is CC(=O)N1CCc2ccc(F)cc21.CC(=O)N1CCc2ccc(F)cc21. The number of halogens is 2. The second-order valence-corrected chi connectivity index (χ2v) is 6.39. The molecule has 2 heterocycles. The van der Waals surface area contributed by atoms with E-state index in [2.05, 4.69) is 0 Å². The highest BCUT2D eigenvalue weighted by Gasteiger charge is 2.23. The number of amides is 2. The second kappa shape index (κ2) is 7.23. The molecule has 2 amide bonds. The van der Waals surface area contributed by atoms with E-state index in [9.17, 15) is 18.4 Å². The topological polar surface area (TPSA) is 40.6 Å². The molecule has 136 valence electrons. The molecule has 0 N–H and O–H groups in total. The fourth-order valence-corrected chi connectivity index (χ4v) is 3.36. The van der Waals surface area contributed by atoms with Crippen LogP contribution < -0.4 is 9.80 Å².